The highest BCUT2D eigenvalue weighted by Gasteiger charge is 2.21. The molecule has 0 N–H and O–H groups in total. The van der Waals surface area contributed by atoms with Gasteiger partial charge in [0.2, 0.25) is 5.69 Å². The third-order valence-corrected chi connectivity index (χ3v) is 10.2. The first kappa shape index (κ1) is 26.1. The Labute approximate surface area is 272 Å². The van der Waals surface area contributed by atoms with Crippen molar-refractivity contribution in [1.82, 2.24) is 0 Å². The van der Waals surface area contributed by atoms with Crippen LogP contribution in [0.2, 0.25) is 0 Å². The van der Waals surface area contributed by atoms with Crippen molar-refractivity contribution in [2.24, 2.45) is 11.8 Å². The van der Waals surface area contributed by atoms with Crippen molar-refractivity contribution < 1.29 is 4.42 Å². The van der Waals surface area contributed by atoms with Crippen molar-refractivity contribution in [1.29, 1.82) is 0 Å². The second kappa shape index (κ2) is 9.91. The summed E-state index contributed by atoms with van der Waals surface area (Å²) in [5, 5.41) is 9.78. The minimum absolute atomic E-state index is 0.406. The van der Waals surface area contributed by atoms with Gasteiger partial charge in [-0.05, 0) is 60.1 Å². The zero-order valence-electron chi connectivity index (χ0n) is 25.4. The van der Waals surface area contributed by atoms with E-state index in [0.717, 1.165) is 27.5 Å². The lowest BCUT2D eigenvalue weighted by atomic mass is 9.80. The monoisotopic (exact) mass is 597 g/mol. The van der Waals surface area contributed by atoms with E-state index in [1.54, 1.807) is 0 Å². The summed E-state index contributed by atoms with van der Waals surface area (Å²) < 4.78 is 6.35. The Kier molecular flexibility index (Phi) is 5.50. The highest BCUT2D eigenvalue weighted by Crippen LogP contribution is 2.44. The van der Waals surface area contributed by atoms with Crippen LogP contribution >= 0.6 is 0 Å². The van der Waals surface area contributed by atoms with Gasteiger partial charge in [-0.15, -0.1) is 0 Å². The van der Waals surface area contributed by atoms with Gasteiger partial charge in [-0.1, -0.05) is 152 Å². The van der Waals surface area contributed by atoms with Crippen LogP contribution in [0.3, 0.4) is 0 Å². The molecule has 0 aliphatic heterocycles. The Balaban J connectivity index is 1.10. The molecule has 0 amide bonds. The van der Waals surface area contributed by atoms with Crippen molar-refractivity contribution in [3.05, 3.63) is 169 Å². The van der Waals surface area contributed by atoms with Gasteiger partial charge in [0.15, 0.2) is 0 Å². The average Bonchev–Trinajstić information content (AvgIpc) is 3.53. The molecular formula is C45H27NO. The summed E-state index contributed by atoms with van der Waals surface area (Å²) in [5.74, 6) is 0.852. The summed E-state index contributed by atoms with van der Waals surface area (Å²) in [6.07, 6.45) is 16.0. The maximum atomic E-state index is 7.59. The summed E-state index contributed by atoms with van der Waals surface area (Å²) in [4.78, 5) is 3.69. The van der Waals surface area contributed by atoms with Crippen molar-refractivity contribution in [3.8, 4) is 22.3 Å². The van der Waals surface area contributed by atoms with Gasteiger partial charge in [0.05, 0.1) is 6.57 Å². The van der Waals surface area contributed by atoms with E-state index in [-0.39, 0.29) is 0 Å². The number of furan rings is 1. The molecule has 1 aromatic heterocycles. The van der Waals surface area contributed by atoms with Crippen LogP contribution in [0.25, 0.3) is 86.9 Å². The zero-order chi connectivity index (χ0) is 31.1. The summed E-state index contributed by atoms with van der Waals surface area (Å²) in [6, 6.07) is 39.1. The third kappa shape index (κ3) is 3.84. The highest BCUT2D eigenvalue weighted by molar-refractivity contribution is 6.27. The molecule has 218 valence electrons. The number of hydrogen-bond acceptors (Lipinski definition) is 1. The number of hydrogen-bond donors (Lipinski definition) is 0. The molecule has 2 heteroatoms. The average molecular weight is 598 g/mol. The number of benzene rings is 7. The normalized spacial score (nSPS) is 17.2. The van der Waals surface area contributed by atoms with Gasteiger partial charge in [0.25, 0.3) is 0 Å². The van der Waals surface area contributed by atoms with Gasteiger partial charge in [-0.3, -0.25) is 0 Å². The molecule has 47 heavy (non-hydrogen) atoms. The van der Waals surface area contributed by atoms with Gasteiger partial charge < -0.3 is 4.42 Å². The first-order valence-electron chi connectivity index (χ1n) is 16.1. The van der Waals surface area contributed by atoms with Gasteiger partial charge in [-0.2, -0.15) is 0 Å². The lowest BCUT2D eigenvalue weighted by molar-refractivity contribution is 0.663. The first-order chi connectivity index (χ1) is 23.2. The van der Waals surface area contributed by atoms with Crippen molar-refractivity contribution in [3.63, 3.8) is 0 Å². The maximum Gasteiger partial charge on any atom is 0.229 e. The number of nitrogens with zero attached hydrogens (tertiary/aromatic N) is 1. The first-order valence-corrected chi connectivity index (χ1v) is 16.1. The Hall–Kier alpha value is -6.17. The molecular weight excluding hydrogens is 571 g/mol. The van der Waals surface area contributed by atoms with Crippen LogP contribution < -0.4 is 0 Å². The summed E-state index contributed by atoms with van der Waals surface area (Å²) in [5.41, 5.74) is 9.13. The van der Waals surface area contributed by atoms with E-state index >= 15 is 0 Å². The maximum absolute atomic E-state index is 7.59. The van der Waals surface area contributed by atoms with Crippen molar-refractivity contribution in [2.45, 2.75) is 0 Å². The summed E-state index contributed by atoms with van der Waals surface area (Å²) in [6.45, 7) is 7.59. The molecule has 2 aliphatic rings. The quantitative estimate of drug-likeness (QED) is 0.146. The molecule has 0 spiro atoms. The van der Waals surface area contributed by atoms with E-state index < -0.39 is 0 Å². The second-order valence-corrected chi connectivity index (χ2v) is 12.7. The van der Waals surface area contributed by atoms with Gasteiger partial charge >= 0.3 is 0 Å². The minimum Gasteiger partial charge on any atom is -0.466 e. The zero-order valence-corrected chi connectivity index (χ0v) is 25.4. The Bertz CT molecular complexity index is 2740. The summed E-state index contributed by atoms with van der Waals surface area (Å²) in [7, 11) is 0. The smallest absolute Gasteiger partial charge is 0.229 e. The molecule has 0 fully saturated rings. The fourth-order valence-electron chi connectivity index (χ4n) is 7.91. The van der Waals surface area contributed by atoms with E-state index in [1.807, 2.05) is 18.2 Å². The van der Waals surface area contributed by atoms with Crippen LogP contribution in [0.1, 0.15) is 5.56 Å². The molecule has 0 saturated carbocycles. The molecule has 8 aromatic rings. The van der Waals surface area contributed by atoms with E-state index in [2.05, 4.69) is 138 Å². The molecule has 0 bridgehead atoms. The fourth-order valence-corrected chi connectivity index (χ4v) is 7.91. The number of allylic oxidation sites excluding steroid dienone is 8. The largest absolute Gasteiger partial charge is 0.466 e. The van der Waals surface area contributed by atoms with Crippen LogP contribution in [0.5, 0.6) is 0 Å². The molecule has 7 aromatic carbocycles. The summed E-state index contributed by atoms with van der Waals surface area (Å²) >= 11 is 0. The van der Waals surface area contributed by atoms with Crippen LogP contribution in [-0.4, -0.2) is 0 Å². The van der Waals surface area contributed by atoms with E-state index in [4.69, 9.17) is 11.0 Å². The molecule has 10 rings (SSSR count). The predicted octanol–water partition coefficient (Wildman–Crippen LogP) is 12.7. The fraction of sp³-hybridized carbons (Fsp3) is 0.0444. The van der Waals surface area contributed by atoms with Gasteiger partial charge in [0, 0.05) is 28.2 Å². The van der Waals surface area contributed by atoms with Crippen molar-refractivity contribution >= 4 is 65.5 Å². The molecule has 2 aliphatic carbocycles. The molecule has 2 unspecified atom stereocenters. The molecule has 0 radical (unpaired) electrons. The van der Waals surface area contributed by atoms with Crippen LogP contribution in [0.15, 0.2) is 156 Å². The van der Waals surface area contributed by atoms with E-state index in [1.165, 1.54) is 54.6 Å². The molecule has 1 heterocycles. The number of rotatable bonds is 3. The predicted molar refractivity (Wildman–Crippen MR) is 197 cm³/mol. The lowest BCUT2D eigenvalue weighted by Crippen LogP contribution is -2.11. The van der Waals surface area contributed by atoms with Gasteiger partial charge in [0.1, 0.15) is 11.2 Å². The van der Waals surface area contributed by atoms with E-state index in [0.29, 0.717) is 23.1 Å². The molecule has 2 atom stereocenters. The highest BCUT2D eigenvalue weighted by atomic mass is 16.3. The van der Waals surface area contributed by atoms with E-state index in [9.17, 15) is 0 Å². The van der Waals surface area contributed by atoms with Crippen LogP contribution in [0, 0.1) is 18.4 Å². The van der Waals surface area contributed by atoms with Crippen LogP contribution in [0.4, 0.5) is 5.69 Å². The molecule has 0 saturated heterocycles. The Morgan fingerprint density at radius 2 is 1.13 bits per heavy atom. The SMILES string of the molecule is [C-]#[N+]c1cccc2c1oc1c(-c3ccc(-c4ccc5ccc6c(C7=CC8C=CC=CC8C=C7)ccc7ccc4c5c76)cc3)cccc12. The van der Waals surface area contributed by atoms with Crippen molar-refractivity contribution in [2.75, 3.05) is 0 Å². The number of fused-ring (bicyclic) bond motifs is 4. The Morgan fingerprint density at radius 3 is 1.87 bits per heavy atom. The topological polar surface area (TPSA) is 17.5 Å². The number of para-hydroxylation sites is 2. The third-order valence-electron chi connectivity index (χ3n) is 10.2. The van der Waals surface area contributed by atoms with Gasteiger partial charge in [-0.25, -0.2) is 4.85 Å². The second-order valence-electron chi connectivity index (χ2n) is 12.7. The lowest BCUT2D eigenvalue weighted by Gasteiger charge is -2.24. The Morgan fingerprint density at radius 1 is 0.511 bits per heavy atom. The minimum atomic E-state index is 0.406. The van der Waals surface area contributed by atoms with Crippen LogP contribution in [-0.2, 0) is 0 Å². The standard InChI is InChI=1S/C45H27NO/c1-46-41-11-5-10-40-39-9-4-8-36(44(39)47-45(40)41)29-15-13-28(14-16-29)34-22-18-30-21-25-38-35(23-19-31-20-24-37(34)42(30)43(31)38)33-17-12-27-6-2-3-7-32(27)26-33/h2-27,32H. The molecule has 2 nitrogen and oxygen atoms in total.